The molecule has 0 atom stereocenters. The zero-order valence-electron chi connectivity index (χ0n) is 7.76. The van der Waals surface area contributed by atoms with Crippen LogP contribution >= 0.6 is 0 Å². The van der Waals surface area contributed by atoms with Crippen LogP contribution in [0.2, 0.25) is 0 Å². The molecule has 12 heavy (non-hydrogen) atoms. The zero-order valence-corrected chi connectivity index (χ0v) is 7.76. The van der Waals surface area contributed by atoms with Gasteiger partial charge in [-0.3, -0.25) is 4.79 Å². The molecule has 2 N–H and O–H groups in total. The number of hydrogen-bond donors (Lipinski definition) is 2. The van der Waals surface area contributed by atoms with Crippen molar-refractivity contribution in [1.82, 2.24) is 5.32 Å². The summed E-state index contributed by atoms with van der Waals surface area (Å²) >= 11 is 0. The third-order valence-electron chi connectivity index (χ3n) is 2.40. The monoisotopic (exact) mass is 171 g/mol. The van der Waals surface area contributed by atoms with Crippen LogP contribution in [-0.4, -0.2) is 22.7 Å². The van der Waals surface area contributed by atoms with E-state index in [2.05, 4.69) is 19.2 Å². The average molecular weight is 171 g/mol. The average Bonchev–Trinajstić information content (AvgIpc) is 1.80. The first-order valence-electron chi connectivity index (χ1n) is 4.54. The molecule has 0 saturated heterocycles. The molecule has 3 heteroatoms. The standard InChI is InChI=1S/C9H17NO2/c1-7(2)10-9(4-3-5-9)6-8(11)12/h7,10H,3-6H2,1-2H3,(H,11,12). The molecule has 0 bridgehead atoms. The number of carbonyl (C=O) groups is 1. The maximum Gasteiger partial charge on any atom is 0.305 e. The van der Waals surface area contributed by atoms with Crippen molar-refractivity contribution in [2.24, 2.45) is 0 Å². The lowest BCUT2D eigenvalue weighted by molar-refractivity contribution is -0.139. The molecule has 0 radical (unpaired) electrons. The Morgan fingerprint density at radius 2 is 2.17 bits per heavy atom. The lowest BCUT2D eigenvalue weighted by atomic mass is 9.74. The minimum Gasteiger partial charge on any atom is -0.481 e. The first-order chi connectivity index (χ1) is 5.54. The maximum absolute atomic E-state index is 10.5. The van der Waals surface area contributed by atoms with Gasteiger partial charge in [-0.25, -0.2) is 0 Å². The number of nitrogens with one attached hydrogen (secondary N) is 1. The zero-order chi connectivity index (χ0) is 9.19. The van der Waals surface area contributed by atoms with E-state index in [9.17, 15) is 4.79 Å². The first-order valence-corrected chi connectivity index (χ1v) is 4.54. The van der Waals surface area contributed by atoms with Crippen LogP contribution in [0.15, 0.2) is 0 Å². The molecule has 0 aromatic rings. The van der Waals surface area contributed by atoms with Gasteiger partial charge in [0.15, 0.2) is 0 Å². The molecular weight excluding hydrogens is 154 g/mol. The molecule has 0 heterocycles. The van der Waals surface area contributed by atoms with Gasteiger partial charge in [0.25, 0.3) is 0 Å². The Balaban J connectivity index is 2.45. The summed E-state index contributed by atoms with van der Waals surface area (Å²) in [5.74, 6) is -0.692. The van der Waals surface area contributed by atoms with Crippen molar-refractivity contribution in [3.63, 3.8) is 0 Å². The number of aliphatic carboxylic acids is 1. The molecular formula is C9H17NO2. The van der Waals surface area contributed by atoms with Crippen LogP contribution in [0, 0.1) is 0 Å². The fourth-order valence-corrected chi connectivity index (χ4v) is 1.88. The molecule has 70 valence electrons. The molecule has 0 aliphatic heterocycles. The quantitative estimate of drug-likeness (QED) is 0.672. The van der Waals surface area contributed by atoms with Gasteiger partial charge in [-0.05, 0) is 19.3 Å². The highest BCUT2D eigenvalue weighted by molar-refractivity contribution is 5.68. The van der Waals surface area contributed by atoms with Crippen molar-refractivity contribution >= 4 is 5.97 Å². The van der Waals surface area contributed by atoms with Gasteiger partial charge in [0.05, 0.1) is 6.42 Å². The summed E-state index contributed by atoms with van der Waals surface area (Å²) in [6, 6.07) is 0.379. The van der Waals surface area contributed by atoms with Crippen molar-refractivity contribution < 1.29 is 9.90 Å². The Morgan fingerprint density at radius 3 is 2.42 bits per heavy atom. The van der Waals surface area contributed by atoms with Gasteiger partial charge in [0, 0.05) is 11.6 Å². The van der Waals surface area contributed by atoms with Crippen molar-refractivity contribution in [3.8, 4) is 0 Å². The van der Waals surface area contributed by atoms with Crippen LogP contribution < -0.4 is 5.32 Å². The van der Waals surface area contributed by atoms with Gasteiger partial charge in [-0.1, -0.05) is 13.8 Å². The Bertz CT molecular complexity index is 173. The number of carboxylic acid groups (broad SMARTS) is 1. The Kier molecular flexibility index (Phi) is 2.73. The SMILES string of the molecule is CC(C)NC1(CC(=O)O)CCC1. The second-order valence-corrected chi connectivity index (χ2v) is 4.00. The van der Waals surface area contributed by atoms with E-state index in [4.69, 9.17) is 5.11 Å². The van der Waals surface area contributed by atoms with Crippen LogP contribution in [-0.2, 0) is 4.79 Å². The predicted molar refractivity (Wildman–Crippen MR) is 47.1 cm³/mol. The van der Waals surface area contributed by atoms with Gasteiger partial charge in [-0.15, -0.1) is 0 Å². The summed E-state index contributed by atoms with van der Waals surface area (Å²) < 4.78 is 0. The lowest BCUT2D eigenvalue weighted by Gasteiger charge is -2.43. The molecule has 1 fully saturated rings. The Hall–Kier alpha value is -0.570. The van der Waals surface area contributed by atoms with Crippen LogP contribution in [0.1, 0.15) is 39.5 Å². The van der Waals surface area contributed by atoms with E-state index in [1.807, 2.05) is 0 Å². The molecule has 0 amide bonds. The summed E-state index contributed by atoms with van der Waals surface area (Å²) in [5, 5.41) is 12.0. The van der Waals surface area contributed by atoms with Crippen molar-refractivity contribution in [3.05, 3.63) is 0 Å². The molecule has 1 saturated carbocycles. The van der Waals surface area contributed by atoms with E-state index < -0.39 is 5.97 Å². The summed E-state index contributed by atoms with van der Waals surface area (Å²) in [6.45, 7) is 4.11. The fraction of sp³-hybridized carbons (Fsp3) is 0.889. The van der Waals surface area contributed by atoms with E-state index in [-0.39, 0.29) is 12.0 Å². The normalized spacial score (nSPS) is 20.6. The molecule has 3 nitrogen and oxygen atoms in total. The second kappa shape index (κ2) is 3.44. The highest BCUT2D eigenvalue weighted by Gasteiger charge is 2.38. The fourth-order valence-electron chi connectivity index (χ4n) is 1.88. The van der Waals surface area contributed by atoms with Gasteiger partial charge in [-0.2, -0.15) is 0 Å². The maximum atomic E-state index is 10.5. The predicted octanol–water partition coefficient (Wildman–Crippen LogP) is 1.38. The van der Waals surface area contributed by atoms with Crippen LogP contribution in [0.25, 0.3) is 0 Å². The molecule has 0 aromatic heterocycles. The molecule has 0 spiro atoms. The van der Waals surface area contributed by atoms with Gasteiger partial charge < -0.3 is 10.4 Å². The highest BCUT2D eigenvalue weighted by Crippen LogP contribution is 2.35. The Morgan fingerprint density at radius 1 is 1.58 bits per heavy atom. The second-order valence-electron chi connectivity index (χ2n) is 4.00. The van der Waals surface area contributed by atoms with E-state index in [0.717, 1.165) is 19.3 Å². The van der Waals surface area contributed by atoms with E-state index in [0.29, 0.717) is 6.04 Å². The van der Waals surface area contributed by atoms with E-state index >= 15 is 0 Å². The minimum atomic E-state index is -0.692. The molecule has 1 rings (SSSR count). The van der Waals surface area contributed by atoms with Crippen LogP contribution in [0.3, 0.4) is 0 Å². The van der Waals surface area contributed by atoms with Crippen molar-refractivity contribution in [2.45, 2.75) is 51.1 Å². The number of hydrogen-bond acceptors (Lipinski definition) is 2. The van der Waals surface area contributed by atoms with Gasteiger partial charge in [0.1, 0.15) is 0 Å². The number of rotatable bonds is 4. The van der Waals surface area contributed by atoms with Gasteiger partial charge in [0.2, 0.25) is 0 Å². The van der Waals surface area contributed by atoms with E-state index in [1.54, 1.807) is 0 Å². The van der Waals surface area contributed by atoms with Crippen molar-refractivity contribution in [2.75, 3.05) is 0 Å². The molecule has 1 aliphatic carbocycles. The summed E-state index contributed by atoms with van der Waals surface area (Å²) in [7, 11) is 0. The topological polar surface area (TPSA) is 49.3 Å². The van der Waals surface area contributed by atoms with Crippen LogP contribution in [0.5, 0.6) is 0 Å². The lowest BCUT2D eigenvalue weighted by Crippen LogP contribution is -2.54. The minimum absolute atomic E-state index is 0.0833. The Labute approximate surface area is 73.2 Å². The summed E-state index contributed by atoms with van der Waals surface area (Å²) in [4.78, 5) is 10.5. The molecule has 0 unspecified atom stereocenters. The largest absolute Gasteiger partial charge is 0.481 e. The van der Waals surface area contributed by atoms with Crippen LogP contribution in [0.4, 0.5) is 0 Å². The molecule has 1 aliphatic rings. The number of carboxylic acids is 1. The third-order valence-corrected chi connectivity index (χ3v) is 2.40. The van der Waals surface area contributed by atoms with Gasteiger partial charge >= 0.3 is 5.97 Å². The molecule has 0 aromatic carbocycles. The van der Waals surface area contributed by atoms with E-state index in [1.165, 1.54) is 0 Å². The highest BCUT2D eigenvalue weighted by atomic mass is 16.4. The smallest absolute Gasteiger partial charge is 0.305 e. The van der Waals surface area contributed by atoms with Crippen molar-refractivity contribution in [1.29, 1.82) is 0 Å². The third kappa shape index (κ3) is 2.21. The summed E-state index contributed by atoms with van der Waals surface area (Å²) in [6.07, 6.45) is 3.45. The summed E-state index contributed by atoms with van der Waals surface area (Å²) in [5.41, 5.74) is -0.0833. The first kappa shape index (κ1) is 9.52.